The Bertz CT molecular complexity index is 763. The Morgan fingerprint density at radius 1 is 1.26 bits per heavy atom. The molecule has 1 aliphatic rings. The van der Waals surface area contributed by atoms with E-state index in [1.165, 1.54) is 37.7 Å². The van der Waals surface area contributed by atoms with Gasteiger partial charge < -0.3 is 10.6 Å². The molecule has 146 valence electrons. The minimum atomic E-state index is 0.156. The van der Waals surface area contributed by atoms with Gasteiger partial charge in [-0.2, -0.15) is 5.10 Å². The van der Waals surface area contributed by atoms with Gasteiger partial charge in [-0.15, -0.1) is 0 Å². The normalized spacial score (nSPS) is 16.9. The summed E-state index contributed by atoms with van der Waals surface area (Å²) in [7, 11) is 1.89. The van der Waals surface area contributed by atoms with Gasteiger partial charge in [0.1, 0.15) is 18.7 Å². The molecule has 7 heteroatoms. The third-order valence-corrected chi connectivity index (χ3v) is 5.86. The Morgan fingerprint density at radius 2 is 2.07 bits per heavy atom. The van der Waals surface area contributed by atoms with Gasteiger partial charge in [0.2, 0.25) is 0 Å². The first-order valence-electron chi connectivity index (χ1n) is 9.74. The minimum absolute atomic E-state index is 0.156. The standard InChI is InChI=1S/C20H29BrN6/c1-3-22-19(23-13-18-25-15-26-27(18)2)24-14-20(10-5-4-6-11-20)16-8-7-9-17(21)12-16/h7-9,12,15H,3-6,10-11,13-14H2,1-2H3,(H2,22,23,24). The van der Waals surface area contributed by atoms with E-state index in [2.05, 4.69) is 67.8 Å². The average molecular weight is 433 g/mol. The maximum absolute atomic E-state index is 4.71. The average Bonchev–Trinajstić information content (AvgIpc) is 3.09. The van der Waals surface area contributed by atoms with Gasteiger partial charge in [-0.25, -0.2) is 9.98 Å². The molecule has 2 N–H and O–H groups in total. The van der Waals surface area contributed by atoms with Crippen molar-refractivity contribution in [3.05, 3.63) is 46.5 Å². The number of benzene rings is 1. The number of halogens is 1. The largest absolute Gasteiger partial charge is 0.357 e. The monoisotopic (exact) mass is 432 g/mol. The maximum Gasteiger partial charge on any atom is 0.191 e. The lowest BCUT2D eigenvalue weighted by molar-refractivity contribution is 0.291. The van der Waals surface area contributed by atoms with Crippen LogP contribution in [0.5, 0.6) is 0 Å². The molecule has 2 aromatic rings. The number of nitrogens with zero attached hydrogens (tertiary/aromatic N) is 4. The van der Waals surface area contributed by atoms with Crippen LogP contribution in [-0.4, -0.2) is 33.8 Å². The van der Waals surface area contributed by atoms with E-state index in [1.807, 2.05) is 7.05 Å². The van der Waals surface area contributed by atoms with Crippen LogP contribution in [0, 0.1) is 0 Å². The van der Waals surface area contributed by atoms with E-state index in [-0.39, 0.29) is 5.41 Å². The summed E-state index contributed by atoms with van der Waals surface area (Å²) in [5, 5.41) is 11.1. The van der Waals surface area contributed by atoms with Gasteiger partial charge in [0, 0.05) is 30.0 Å². The predicted octanol–water partition coefficient (Wildman–Crippen LogP) is 3.53. The zero-order chi connectivity index (χ0) is 19.1. The van der Waals surface area contributed by atoms with E-state index in [0.29, 0.717) is 6.54 Å². The van der Waals surface area contributed by atoms with Crippen molar-refractivity contribution in [1.82, 2.24) is 25.4 Å². The number of guanidine groups is 1. The lowest BCUT2D eigenvalue weighted by Crippen LogP contribution is -2.46. The van der Waals surface area contributed by atoms with Crippen molar-refractivity contribution >= 4 is 21.9 Å². The zero-order valence-electron chi connectivity index (χ0n) is 16.2. The molecule has 0 bridgehead atoms. The van der Waals surface area contributed by atoms with Crippen LogP contribution >= 0.6 is 15.9 Å². The molecule has 1 fully saturated rings. The fourth-order valence-corrected chi connectivity index (χ4v) is 4.22. The highest BCUT2D eigenvalue weighted by atomic mass is 79.9. The molecule has 1 heterocycles. The van der Waals surface area contributed by atoms with Crippen molar-refractivity contribution in [2.75, 3.05) is 13.1 Å². The van der Waals surface area contributed by atoms with Crippen LogP contribution in [0.1, 0.15) is 50.4 Å². The minimum Gasteiger partial charge on any atom is -0.357 e. The molecule has 0 atom stereocenters. The van der Waals surface area contributed by atoms with Crippen molar-refractivity contribution in [3.63, 3.8) is 0 Å². The summed E-state index contributed by atoms with van der Waals surface area (Å²) in [6.45, 7) is 4.31. The number of aryl methyl sites for hydroxylation is 1. The Morgan fingerprint density at radius 3 is 2.74 bits per heavy atom. The highest BCUT2D eigenvalue weighted by Gasteiger charge is 2.34. The molecular formula is C20H29BrN6. The summed E-state index contributed by atoms with van der Waals surface area (Å²) < 4.78 is 2.91. The molecule has 1 aliphatic carbocycles. The van der Waals surface area contributed by atoms with Crippen LogP contribution < -0.4 is 10.6 Å². The van der Waals surface area contributed by atoms with Crippen LogP contribution in [0.4, 0.5) is 0 Å². The first kappa shape index (κ1) is 19.9. The van der Waals surface area contributed by atoms with Gasteiger partial charge in [0.25, 0.3) is 0 Å². The molecule has 6 nitrogen and oxygen atoms in total. The van der Waals surface area contributed by atoms with Gasteiger partial charge in [-0.3, -0.25) is 4.68 Å². The van der Waals surface area contributed by atoms with Crippen LogP contribution in [0.3, 0.4) is 0 Å². The Balaban J connectivity index is 1.75. The van der Waals surface area contributed by atoms with Crippen LogP contribution in [0.15, 0.2) is 40.1 Å². The van der Waals surface area contributed by atoms with E-state index in [4.69, 9.17) is 4.99 Å². The van der Waals surface area contributed by atoms with Crippen molar-refractivity contribution in [2.45, 2.75) is 51.0 Å². The number of hydrogen-bond donors (Lipinski definition) is 2. The Labute approximate surface area is 170 Å². The second-order valence-corrected chi connectivity index (χ2v) is 8.12. The Hall–Kier alpha value is -1.89. The fourth-order valence-electron chi connectivity index (χ4n) is 3.82. The summed E-state index contributed by atoms with van der Waals surface area (Å²) in [6, 6.07) is 8.78. The summed E-state index contributed by atoms with van der Waals surface area (Å²) >= 11 is 3.64. The van der Waals surface area contributed by atoms with E-state index < -0.39 is 0 Å². The van der Waals surface area contributed by atoms with Gasteiger partial charge in [0.05, 0.1) is 0 Å². The molecule has 0 saturated heterocycles. The first-order chi connectivity index (χ1) is 13.1. The molecule has 1 aromatic heterocycles. The van der Waals surface area contributed by atoms with Crippen LogP contribution in [0.2, 0.25) is 0 Å². The number of aliphatic imine (C=N–C) groups is 1. The molecular weight excluding hydrogens is 404 g/mol. The smallest absolute Gasteiger partial charge is 0.191 e. The Kier molecular flexibility index (Phi) is 6.88. The SMILES string of the molecule is CCNC(=NCc1ncnn1C)NCC1(c2cccc(Br)c2)CCCCC1. The highest BCUT2D eigenvalue weighted by molar-refractivity contribution is 9.10. The summed E-state index contributed by atoms with van der Waals surface area (Å²) in [6.07, 6.45) is 7.87. The highest BCUT2D eigenvalue weighted by Crippen LogP contribution is 2.39. The second-order valence-electron chi connectivity index (χ2n) is 7.20. The summed E-state index contributed by atoms with van der Waals surface area (Å²) in [5.41, 5.74) is 1.57. The van der Waals surface area contributed by atoms with Crippen molar-refractivity contribution in [2.24, 2.45) is 12.0 Å². The lowest BCUT2D eigenvalue weighted by atomic mass is 9.69. The van der Waals surface area contributed by atoms with Crippen LogP contribution in [0.25, 0.3) is 0 Å². The van der Waals surface area contributed by atoms with Gasteiger partial charge in [-0.05, 0) is 37.5 Å². The van der Waals surface area contributed by atoms with Gasteiger partial charge in [0.15, 0.2) is 5.96 Å². The number of aromatic nitrogens is 3. The van der Waals surface area contributed by atoms with Crippen molar-refractivity contribution < 1.29 is 0 Å². The molecule has 0 aliphatic heterocycles. The molecule has 0 radical (unpaired) electrons. The summed E-state index contributed by atoms with van der Waals surface area (Å²) in [4.78, 5) is 8.96. The van der Waals surface area contributed by atoms with E-state index >= 15 is 0 Å². The molecule has 1 aromatic carbocycles. The van der Waals surface area contributed by atoms with Crippen molar-refractivity contribution in [1.29, 1.82) is 0 Å². The van der Waals surface area contributed by atoms with E-state index in [0.717, 1.165) is 29.3 Å². The molecule has 0 spiro atoms. The van der Waals surface area contributed by atoms with Crippen molar-refractivity contribution in [3.8, 4) is 0 Å². The third kappa shape index (κ3) is 5.09. The zero-order valence-corrected chi connectivity index (χ0v) is 17.8. The summed E-state index contributed by atoms with van der Waals surface area (Å²) in [5.74, 6) is 1.69. The number of hydrogen-bond acceptors (Lipinski definition) is 3. The molecule has 1 saturated carbocycles. The molecule has 0 amide bonds. The number of nitrogens with one attached hydrogen (secondary N) is 2. The van der Waals surface area contributed by atoms with Crippen LogP contribution in [-0.2, 0) is 19.0 Å². The quantitative estimate of drug-likeness (QED) is 0.540. The van der Waals surface area contributed by atoms with Gasteiger partial charge >= 0.3 is 0 Å². The molecule has 0 unspecified atom stereocenters. The third-order valence-electron chi connectivity index (χ3n) is 5.37. The maximum atomic E-state index is 4.71. The van der Waals surface area contributed by atoms with E-state index in [9.17, 15) is 0 Å². The van der Waals surface area contributed by atoms with E-state index in [1.54, 1.807) is 11.0 Å². The first-order valence-corrected chi connectivity index (χ1v) is 10.5. The second kappa shape index (κ2) is 9.35. The topological polar surface area (TPSA) is 67.1 Å². The number of rotatable bonds is 6. The van der Waals surface area contributed by atoms with Gasteiger partial charge in [-0.1, -0.05) is 47.3 Å². The predicted molar refractivity (Wildman–Crippen MR) is 113 cm³/mol. The fraction of sp³-hybridized carbons (Fsp3) is 0.550. The molecule has 3 rings (SSSR count). The lowest BCUT2D eigenvalue weighted by Gasteiger charge is -2.38. The molecule has 27 heavy (non-hydrogen) atoms.